The van der Waals surface area contributed by atoms with Crippen LogP contribution >= 0.6 is 0 Å². The highest BCUT2D eigenvalue weighted by Crippen LogP contribution is 2.78. The molecule has 1 saturated heterocycles. The Hall–Kier alpha value is -3.23. The molecular formula is C55H80FN3O5. The molecule has 0 bridgehead atoms. The maximum absolute atomic E-state index is 15.6. The van der Waals surface area contributed by atoms with Crippen LogP contribution < -0.4 is 0 Å². The topological polar surface area (TPSA) is 102 Å². The van der Waals surface area contributed by atoms with Gasteiger partial charge in [0.25, 0.3) is 0 Å². The number of hydrogen-bond donors (Lipinski definition) is 1. The maximum Gasteiger partial charge on any atom is 0.309 e. The molecule has 7 fully saturated rings. The molecule has 1 aromatic carbocycles. The van der Waals surface area contributed by atoms with Gasteiger partial charge in [-0.3, -0.25) is 14.4 Å². The lowest BCUT2D eigenvalue weighted by Gasteiger charge is -2.73. The number of H-pyrrole nitrogens is 1. The second-order valence-corrected chi connectivity index (χ2v) is 24.6. The molecule has 1 aromatic heterocycles. The Morgan fingerprint density at radius 1 is 0.828 bits per heavy atom. The van der Waals surface area contributed by atoms with E-state index in [1.54, 1.807) is 12.1 Å². The molecule has 1 amide bonds. The van der Waals surface area contributed by atoms with Crippen LogP contribution in [0.5, 0.6) is 0 Å². The Bertz CT molecular complexity index is 2090. The van der Waals surface area contributed by atoms with Crippen LogP contribution in [0.1, 0.15) is 177 Å². The number of likely N-dealkylation sites (tertiary alicyclic amines) is 1. The smallest absolute Gasteiger partial charge is 0.309 e. The average Bonchev–Trinajstić information content (AvgIpc) is 4.02. The number of imidazole rings is 1. The van der Waals surface area contributed by atoms with E-state index in [0.717, 1.165) is 94.3 Å². The maximum atomic E-state index is 15.6. The second-order valence-electron chi connectivity index (χ2n) is 24.6. The van der Waals surface area contributed by atoms with E-state index in [4.69, 9.17) is 14.5 Å². The summed E-state index contributed by atoms with van der Waals surface area (Å²) < 4.78 is 25.9. The van der Waals surface area contributed by atoms with Gasteiger partial charge in [-0.1, -0.05) is 75.7 Å². The van der Waals surface area contributed by atoms with Crippen molar-refractivity contribution in [3.8, 4) is 11.3 Å². The van der Waals surface area contributed by atoms with Crippen LogP contribution in [0, 0.1) is 85.7 Å². The number of halogens is 1. The van der Waals surface area contributed by atoms with Crippen molar-refractivity contribution in [3.05, 3.63) is 42.1 Å². The summed E-state index contributed by atoms with van der Waals surface area (Å²) in [6.45, 7) is 24.9. The monoisotopic (exact) mass is 882 g/mol. The van der Waals surface area contributed by atoms with Gasteiger partial charge in [-0.05, 0) is 177 Å². The summed E-state index contributed by atoms with van der Waals surface area (Å²) in [5.41, 5.74) is 1.18. The predicted molar refractivity (Wildman–Crippen MR) is 248 cm³/mol. The number of ether oxygens (including phenoxy) is 2. The molecule has 64 heavy (non-hydrogen) atoms. The number of fused-ring (bicyclic) bond motifs is 7. The highest BCUT2D eigenvalue weighted by molar-refractivity contribution is 5.85. The molecule has 13 atom stereocenters. The molecule has 7 aliphatic rings. The normalized spacial score (nSPS) is 40.7. The summed E-state index contributed by atoms with van der Waals surface area (Å²) in [6, 6.07) is 6.46. The molecule has 6 saturated carbocycles. The summed E-state index contributed by atoms with van der Waals surface area (Å²) in [4.78, 5) is 53.2. The lowest BCUT2D eigenvalue weighted by molar-refractivity contribution is -0.252. The first-order chi connectivity index (χ1) is 30.2. The molecular weight excluding hydrogens is 802 g/mol. The number of esters is 2. The first kappa shape index (κ1) is 45.9. The summed E-state index contributed by atoms with van der Waals surface area (Å²) >= 11 is 0. The van der Waals surface area contributed by atoms with Crippen LogP contribution in [0.25, 0.3) is 11.3 Å². The average molecular weight is 882 g/mol. The number of rotatable bonds is 10. The minimum Gasteiger partial charge on any atom is -0.465 e. The summed E-state index contributed by atoms with van der Waals surface area (Å²) in [5.74, 6) is 3.06. The largest absolute Gasteiger partial charge is 0.465 e. The number of benzene rings is 1. The number of amides is 1. The molecule has 2 heterocycles. The Labute approximate surface area is 383 Å². The van der Waals surface area contributed by atoms with Crippen LogP contribution in [0.15, 0.2) is 30.5 Å². The van der Waals surface area contributed by atoms with E-state index in [9.17, 15) is 14.0 Å². The van der Waals surface area contributed by atoms with Crippen molar-refractivity contribution in [2.45, 2.75) is 178 Å². The van der Waals surface area contributed by atoms with E-state index in [2.05, 4.69) is 65.3 Å². The Balaban J connectivity index is 0.928. The van der Waals surface area contributed by atoms with Crippen molar-refractivity contribution >= 4 is 17.8 Å². The number of nitrogens with one attached hydrogen (secondary N) is 1. The molecule has 2 aromatic rings. The minimum atomic E-state index is -0.476. The van der Waals surface area contributed by atoms with Crippen LogP contribution in [0.2, 0.25) is 0 Å². The summed E-state index contributed by atoms with van der Waals surface area (Å²) in [7, 11) is 0. The van der Waals surface area contributed by atoms with Crippen molar-refractivity contribution < 1.29 is 28.2 Å². The fourth-order valence-electron chi connectivity index (χ4n) is 17.2. The van der Waals surface area contributed by atoms with Crippen LogP contribution in [0.3, 0.4) is 0 Å². The number of carbonyl (C=O) groups is 3. The van der Waals surface area contributed by atoms with Gasteiger partial charge in [0.05, 0.1) is 41.8 Å². The zero-order valence-corrected chi connectivity index (χ0v) is 41.0. The highest BCUT2D eigenvalue weighted by Gasteiger charge is 2.73. The lowest BCUT2D eigenvalue weighted by atomic mass is 9.32. The number of unbranched alkanes of at least 4 members (excludes halogenated alkanes) is 1. The number of carbonyl (C=O) groups excluding carboxylic acids is 3. The molecule has 6 aliphatic carbocycles. The number of aromatic amines is 1. The third-order valence-electron chi connectivity index (χ3n) is 21.1. The zero-order valence-electron chi connectivity index (χ0n) is 41.0. The molecule has 1 aliphatic heterocycles. The number of nitrogens with zero attached hydrogens (tertiary/aromatic N) is 2. The first-order valence-corrected chi connectivity index (χ1v) is 25.7. The molecule has 0 unspecified atom stereocenters. The molecule has 9 heteroatoms. The van der Waals surface area contributed by atoms with E-state index < -0.39 is 5.41 Å². The summed E-state index contributed by atoms with van der Waals surface area (Å²) in [6.07, 6.45) is 16.8. The fraction of sp³-hybridized carbons (Fsp3) is 0.782. The van der Waals surface area contributed by atoms with Gasteiger partial charge in [0, 0.05) is 12.0 Å². The lowest BCUT2D eigenvalue weighted by Crippen LogP contribution is -2.67. The molecule has 352 valence electrons. The number of aromatic nitrogens is 2. The minimum absolute atomic E-state index is 0.0689. The van der Waals surface area contributed by atoms with Crippen LogP contribution in [-0.2, 0) is 23.9 Å². The standard InChI is InChI=1S/C55H80FN3O5/c1-11-12-30-63-47(60)38-31-39(50(38,4)5)48(61)64-44-23-24-52(8)42(51(44,6)7)22-25-54(10)43(52)20-19-37-45-36(33(2)3)21-26-55(45,28-27-53(37,54)9)49(62)59-29-13-14-41(59)46-57-32-40(58-46)34-15-17-35(56)18-16-34/h15-18,32-33,36-39,41-45H,11-14,19-31H2,1-10H3,(H,57,58)/t36-,37+,38-,39+,41-,42-,43+,44-,45+,52-,53+,54+,55-/m0/s1. The Kier molecular flexibility index (Phi) is 11.6. The van der Waals surface area contributed by atoms with Gasteiger partial charge in [-0.2, -0.15) is 0 Å². The van der Waals surface area contributed by atoms with Crippen molar-refractivity contribution in [3.63, 3.8) is 0 Å². The predicted octanol–water partition coefficient (Wildman–Crippen LogP) is 12.5. The first-order valence-electron chi connectivity index (χ1n) is 25.7. The van der Waals surface area contributed by atoms with Crippen molar-refractivity contribution in [2.75, 3.05) is 13.2 Å². The molecule has 0 spiro atoms. The molecule has 0 radical (unpaired) electrons. The molecule has 9 rings (SSSR count). The van der Waals surface area contributed by atoms with E-state index in [0.29, 0.717) is 54.4 Å². The fourth-order valence-corrected chi connectivity index (χ4v) is 17.2. The van der Waals surface area contributed by atoms with E-state index in [1.807, 2.05) is 20.0 Å². The van der Waals surface area contributed by atoms with Gasteiger partial charge in [0.2, 0.25) is 5.91 Å². The molecule has 1 N–H and O–H groups in total. The van der Waals surface area contributed by atoms with Gasteiger partial charge in [0.15, 0.2) is 0 Å². The Morgan fingerprint density at radius 3 is 2.27 bits per heavy atom. The van der Waals surface area contributed by atoms with Crippen molar-refractivity contribution in [1.82, 2.24) is 14.9 Å². The van der Waals surface area contributed by atoms with Crippen LogP contribution in [-0.4, -0.2) is 52.0 Å². The van der Waals surface area contributed by atoms with Gasteiger partial charge in [0.1, 0.15) is 17.7 Å². The zero-order chi connectivity index (χ0) is 45.8. The van der Waals surface area contributed by atoms with Gasteiger partial charge >= 0.3 is 11.9 Å². The van der Waals surface area contributed by atoms with Crippen molar-refractivity contribution in [2.24, 2.45) is 79.8 Å². The number of hydrogen-bond acceptors (Lipinski definition) is 6. The molecule has 8 nitrogen and oxygen atoms in total. The van der Waals surface area contributed by atoms with E-state index in [-0.39, 0.29) is 68.8 Å². The third kappa shape index (κ3) is 6.81. The van der Waals surface area contributed by atoms with E-state index in [1.165, 1.54) is 31.4 Å². The van der Waals surface area contributed by atoms with E-state index >= 15 is 4.79 Å². The SMILES string of the molecule is CCCCOC(=O)[C@@H]1C[C@H](C(=O)O[C@H]2CC[C@]3(C)[C@H]4CC[C@@H]5[C@H]6[C@H](C(C)C)CC[C@]6(C(=O)N6CCC[C@H]6c6ncc(-c7ccc(F)cc7)[nH]6)CC[C@@]5(C)[C@]4(C)CC[C@H]3C2(C)C)C1(C)C. The van der Waals surface area contributed by atoms with Gasteiger partial charge in [-0.25, -0.2) is 9.37 Å². The Morgan fingerprint density at radius 2 is 1.56 bits per heavy atom. The second kappa shape index (κ2) is 16.2. The van der Waals surface area contributed by atoms with Crippen molar-refractivity contribution in [1.29, 1.82) is 0 Å². The highest BCUT2D eigenvalue weighted by atomic mass is 19.1. The summed E-state index contributed by atoms with van der Waals surface area (Å²) in [5, 5.41) is 0. The van der Waals surface area contributed by atoms with Gasteiger partial charge in [-0.15, -0.1) is 0 Å². The quantitative estimate of drug-likeness (QED) is 0.188. The van der Waals surface area contributed by atoms with Crippen LogP contribution in [0.4, 0.5) is 4.39 Å². The van der Waals surface area contributed by atoms with Gasteiger partial charge < -0.3 is 19.4 Å². The third-order valence-corrected chi connectivity index (χ3v) is 21.1.